The molecule has 0 unspecified atom stereocenters. The summed E-state index contributed by atoms with van der Waals surface area (Å²) < 4.78 is 44.9. The van der Waals surface area contributed by atoms with Crippen molar-refractivity contribution in [3.8, 4) is 0 Å². The number of carbonyl (C=O) groups excluding carboxylic acids is 1. The second-order valence-electron chi connectivity index (χ2n) is 7.63. The van der Waals surface area contributed by atoms with Crippen LogP contribution in [-0.2, 0) is 20.5 Å². The number of piperidine rings is 1. The van der Waals surface area contributed by atoms with Crippen molar-refractivity contribution in [3.05, 3.63) is 35.6 Å². The van der Waals surface area contributed by atoms with E-state index in [0.717, 1.165) is 12.8 Å². The van der Waals surface area contributed by atoms with Gasteiger partial charge < -0.3 is 10.1 Å². The van der Waals surface area contributed by atoms with E-state index in [1.807, 2.05) is 0 Å². The number of alkyl carbamates (subject to hydrolysis) is 1. The van der Waals surface area contributed by atoms with Crippen LogP contribution in [0, 0.1) is 11.7 Å². The zero-order chi connectivity index (χ0) is 19.4. The zero-order valence-corrected chi connectivity index (χ0v) is 16.3. The highest BCUT2D eigenvalue weighted by Crippen LogP contribution is 2.21. The summed E-state index contributed by atoms with van der Waals surface area (Å²) in [6.07, 6.45) is 1.09. The third kappa shape index (κ3) is 6.57. The molecule has 8 heteroatoms. The summed E-state index contributed by atoms with van der Waals surface area (Å²) in [6.45, 7) is 6.56. The van der Waals surface area contributed by atoms with Gasteiger partial charge in [-0.05, 0) is 57.2 Å². The van der Waals surface area contributed by atoms with Crippen molar-refractivity contribution in [2.45, 2.75) is 45.0 Å². The second-order valence-corrected chi connectivity index (χ2v) is 9.60. The van der Waals surface area contributed by atoms with Gasteiger partial charge in [0.1, 0.15) is 11.4 Å². The number of ether oxygens (including phenoxy) is 1. The van der Waals surface area contributed by atoms with E-state index < -0.39 is 27.5 Å². The van der Waals surface area contributed by atoms with Gasteiger partial charge >= 0.3 is 6.09 Å². The molecule has 0 aromatic heterocycles. The van der Waals surface area contributed by atoms with Crippen molar-refractivity contribution < 1.29 is 22.3 Å². The fourth-order valence-electron chi connectivity index (χ4n) is 2.87. The maximum atomic E-state index is 13.0. The van der Waals surface area contributed by atoms with Crippen molar-refractivity contribution in [1.82, 2.24) is 9.62 Å². The summed E-state index contributed by atoms with van der Waals surface area (Å²) in [7, 11) is -3.48. The Morgan fingerprint density at radius 1 is 1.31 bits per heavy atom. The number of carbonyl (C=O) groups is 1. The molecule has 1 amide bonds. The smallest absolute Gasteiger partial charge is 0.407 e. The van der Waals surface area contributed by atoms with Crippen LogP contribution >= 0.6 is 0 Å². The molecular formula is C18H27FN2O4S. The molecule has 1 aromatic carbocycles. The van der Waals surface area contributed by atoms with E-state index in [0.29, 0.717) is 25.2 Å². The highest BCUT2D eigenvalue weighted by molar-refractivity contribution is 7.88. The minimum Gasteiger partial charge on any atom is -0.444 e. The average molecular weight is 386 g/mol. The molecule has 1 atom stereocenters. The minimum atomic E-state index is -3.48. The van der Waals surface area contributed by atoms with Gasteiger partial charge in [0.2, 0.25) is 10.0 Å². The first-order valence-electron chi connectivity index (χ1n) is 8.74. The van der Waals surface area contributed by atoms with E-state index in [1.165, 1.54) is 28.6 Å². The Labute approximate surface area is 154 Å². The van der Waals surface area contributed by atoms with Crippen LogP contribution in [0.25, 0.3) is 0 Å². The first-order chi connectivity index (χ1) is 12.0. The zero-order valence-electron chi connectivity index (χ0n) is 15.5. The number of nitrogens with zero attached hydrogens (tertiary/aromatic N) is 1. The molecule has 1 aromatic rings. The number of benzene rings is 1. The fourth-order valence-corrected chi connectivity index (χ4v) is 4.51. The summed E-state index contributed by atoms with van der Waals surface area (Å²) in [5.74, 6) is -0.504. The van der Waals surface area contributed by atoms with E-state index in [2.05, 4.69) is 5.32 Å². The average Bonchev–Trinajstić information content (AvgIpc) is 2.54. The van der Waals surface area contributed by atoms with E-state index in [9.17, 15) is 17.6 Å². The molecule has 1 saturated heterocycles. The van der Waals surface area contributed by atoms with Gasteiger partial charge in [0.15, 0.2) is 0 Å². The Balaban J connectivity index is 1.90. The molecule has 0 bridgehead atoms. The molecule has 1 fully saturated rings. The Kier molecular flexibility index (Phi) is 6.63. The Bertz CT molecular complexity index is 714. The van der Waals surface area contributed by atoms with Crippen LogP contribution in [0.3, 0.4) is 0 Å². The molecule has 0 aliphatic carbocycles. The number of hydrogen-bond donors (Lipinski definition) is 1. The molecule has 26 heavy (non-hydrogen) atoms. The summed E-state index contributed by atoms with van der Waals surface area (Å²) in [5, 5.41) is 2.71. The molecule has 146 valence electrons. The van der Waals surface area contributed by atoms with Crippen LogP contribution < -0.4 is 5.32 Å². The SMILES string of the molecule is CC(C)(C)OC(=O)NC[C@@H]1CCCN(S(=O)(=O)Cc2ccc(F)cc2)C1. The molecular weight excluding hydrogens is 359 g/mol. The van der Waals surface area contributed by atoms with Crippen molar-refractivity contribution >= 4 is 16.1 Å². The Hall–Kier alpha value is -1.67. The molecule has 1 aliphatic rings. The third-order valence-corrected chi connectivity index (χ3v) is 5.89. The molecule has 1 heterocycles. The molecule has 0 radical (unpaired) electrons. The number of amides is 1. The van der Waals surface area contributed by atoms with Crippen molar-refractivity contribution in [2.75, 3.05) is 19.6 Å². The summed E-state index contributed by atoms with van der Waals surface area (Å²) >= 11 is 0. The number of rotatable bonds is 5. The first-order valence-corrected chi connectivity index (χ1v) is 10.4. The van der Waals surface area contributed by atoms with Crippen LogP contribution in [0.4, 0.5) is 9.18 Å². The standard InChI is InChI=1S/C18H27FN2O4S/c1-18(2,3)25-17(22)20-11-15-5-4-10-21(12-15)26(23,24)13-14-6-8-16(19)9-7-14/h6-9,15H,4-5,10-13H2,1-3H3,(H,20,22)/t15-/m0/s1. The molecule has 1 N–H and O–H groups in total. The predicted octanol–water partition coefficient (Wildman–Crippen LogP) is 2.89. The molecule has 0 spiro atoms. The van der Waals surface area contributed by atoms with Gasteiger partial charge in [-0.2, -0.15) is 0 Å². The lowest BCUT2D eigenvalue weighted by Gasteiger charge is -2.32. The van der Waals surface area contributed by atoms with E-state index in [4.69, 9.17) is 4.74 Å². The number of sulfonamides is 1. The van der Waals surface area contributed by atoms with E-state index >= 15 is 0 Å². The van der Waals surface area contributed by atoms with Crippen LogP contribution in [0.5, 0.6) is 0 Å². The Morgan fingerprint density at radius 3 is 2.58 bits per heavy atom. The number of halogens is 1. The summed E-state index contributed by atoms with van der Waals surface area (Å²) in [6, 6.07) is 5.49. The van der Waals surface area contributed by atoms with Gasteiger partial charge in [0.25, 0.3) is 0 Å². The molecule has 6 nitrogen and oxygen atoms in total. The number of hydrogen-bond acceptors (Lipinski definition) is 4. The van der Waals surface area contributed by atoms with Gasteiger partial charge in [0.05, 0.1) is 5.75 Å². The van der Waals surface area contributed by atoms with Gasteiger partial charge in [-0.25, -0.2) is 21.9 Å². The summed E-state index contributed by atoms with van der Waals surface area (Å²) in [4.78, 5) is 11.8. The van der Waals surface area contributed by atoms with Crippen LogP contribution in [0.1, 0.15) is 39.2 Å². The van der Waals surface area contributed by atoms with Gasteiger partial charge in [-0.1, -0.05) is 12.1 Å². The van der Waals surface area contributed by atoms with Crippen LogP contribution in [-0.4, -0.2) is 44.1 Å². The van der Waals surface area contributed by atoms with Gasteiger partial charge in [-0.3, -0.25) is 0 Å². The van der Waals surface area contributed by atoms with Crippen molar-refractivity contribution in [1.29, 1.82) is 0 Å². The third-order valence-electron chi connectivity index (χ3n) is 4.07. The lowest BCUT2D eigenvalue weighted by molar-refractivity contribution is 0.0513. The topological polar surface area (TPSA) is 75.7 Å². The number of nitrogens with one attached hydrogen (secondary N) is 1. The highest BCUT2D eigenvalue weighted by atomic mass is 32.2. The lowest BCUT2D eigenvalue weighted by atomic mass is 10.00. The van der Waals surface area contributed by atoms with Crippen molar-refractivity contribution in [3.63, 3.8) is 0 Å². The molecule has 1 aliphatic heterocycles. The van der Waals surface area contributed by atoms with Gasteiger partial charge in [0, 0.05) is 19.6 Å². The predicted molar refractivity (Wildman–Crippen MR) is 97.6 cm³/mol. The normalized spacial score (nSPS) is 19.2. The van der Waals surface area contributed by atoms with Gasteiger partial charge in [-0.15, -0.1) is 0 Å². The van der Waals surface area contributed by atoms with Crippen molar-refractivity contribution in [2.24, 2.45) is 5.92 Å². The lowest BCUT2D eigenvalue weighted by Crippen LogP contribution is -2.44. The monoisotopic (exact) mass is 386 g/mol. The quantitative estimate of drug-likeness (QED) is 0.844. The summed E-state index contributed by atoms with van der Waals surface area (Å²) in [5.41, 5.74) is -0.0123. The second kappa shape index (κ2) is 8.35. The highest BCUT2D eigenvalue weighted by Gasteiger charge is 2.29. The molecule has 2 rings (SSSR count). The molecule has 0 saturated carbocycles. The fraction of sp³-hybridized carbons (Fsp3) is 0.611. The largest absolute Gasteiger partial charge is 0.444 e. The van der Waals surface area contributed by atoms with E-state index in [-0.39, 0.29) is 11.7 Å². The first kappa shape index (κ1) is 20.6. The van der Waals surface area contributed by atoms with E-state index in [1.54, 1.807) is 20.8 Å². The maximum Gasteiger partial charge on any atom is 0.407 e. The minimum absolute atomic E-state index is 0.0410. The van der Waals surface area contributed by atoms with Crippen LogP contribution in [0.15, 0.2) is 24.3 Å². The van der Waals surface area contributed by atoms with Crippen LogP contribution in [0.2, 0.25) is 0 Å². The maximum absolute atomic E-state index is 13.0. The Morgan fingerprint density at radius 2 is 1.96 bits per heavy atom.